The molecule has 0 aliphatic carbocycles. The Morgan fingerprint density at radius 3 is 1.32 bits per heavy atom. The maximum atomic E-state index is 6.61. The molecular weight excluding hydrogens is 332 g/mol. The summed E-state index contributed by atoms with van der Waals surface area (Å²) in [6, 6.07) is 0. The predicted molar refractivity (Wildman–Crippen MR) is 104 cm³/mol. The fraction of sp³-hybridized carbons (Fsp3) is 1.00. The molecule has 144 valence electrons. The number of ether oxygens (including phenoxy) is 2. The quantitative estimate of drug-likeness (QED) is 0.732. The van der Waals surface area contributed by atoms with E-state index in [4.69, 9.17) is 9.47 Å². The molecule has 0 bridgehead atoms. The van der Waals surface area contributed by atoms with E-state index in [0.29, 0.717) is 0 Å². The molecule has 0 spiro atoms. The standard InChI is InChI=1S/C20H36N2O2S/c1-5-13-21(14-6-1)19(11-3-9-17-23-19)25-20(12-4-10-18-24-20)22-15-7-2-8-16-22/h1-18H2. The van der Waals surface area contributed by atoms with Crippen LogP contribution in [0.4, 0.5) is 0 Å². The highest BCUT2D eigenvalue weighted by Gasteiger charge is 2.51. The van der Waals surface area contributed by atoms with Gasteiger partial charge in [0, 0.05) is 52.2 Å². The van der Waals surface area contributed by atoms with Crippen LogP contribution in [-0.4, -0.2) is 59.3 Å². The predicted octanol–water partition coefficient (Wildman–Crippen LogP) is 4.40. The smallest absolute Gasteiger partial charge is 0.173 e. The van der Waals surface area contributed by atoms with Gasteiger partial charge in [-0.15, -0.1) is 0 Å². The van der Waals surface area contributed by atoms with Gasteiger partial charge in [-0.2, -0.15) is 0 Å². The summed E-state index contributed by atoms with van der Waals surface area (Å²) in [5.74, 6) is 0. The van der Waals surface area contributed by atoms with Gasteiger partial charge in [-0.05, 0) is 51.4 Å². The van der Waals surface area contributed by atoms with Crippen LogP contribution < -0.4 is 0 Å². The van der Waals surface area contributed by atoms with Gasteiger partial charge in [0.2, 0.25) is 0 Å². The molecule has 4 nitrogen and oxygen atoms in total. The molecule has 0 aromatic rings. The molecule has 4 heterocycles. The van der Waals surface area contributed by atoms with Crippen molar-refractivity contribution in [2.24, 2.45) is 0 Å². The highest BCUT2D eigenvalue weighted by molar-refractivity contribution is 8.01. The molecule has 4 fully saturated rings. The summed E-state index contributed by atoms with van der Waals surface area (Å²) >= 11 is 2.06. The van der Waals surface area contributed by atoms with E-state index in [9.17, 15) is 0 Å². The minimum Gasteiger partial charge on any atom is -0.351 e. The van der Waals surface area contributed by atoms with Crippen molar-refractivity contribution in [2.75, 3.05) is 39.4 Å². The van der Waals surface area contributed by atoms with Gasteiger partial charge < -0.3 is 9.47 Å². The summed E-state index contributed by atoms with van der Waals surface area (Å²) in [5, 5.41) is -0.291. The van der Waals surface area contributed by atoms with Crippen molar-refractivity contribution in [3.05, 3.63) is 0 Å². The Hall–Kier alpha value is 0.190. The lowest BCUT2D eigenvalue weighted by Crippen LogP contribution is -2.60. The Morgan fingerprint density at radius 2 is 0.960 bits per heavy atom. The van der Waals surface area contributed by atoms with Crippen LogP contribution in [0.1, 0.15) is 77.0 Å². The molecular formula is C20H36N2O2S. The Balaban J connectivity index is 1.58. The summed E-state index contributed by atoms with van der Waals surface area (Å²) in [5.41, 5.74) is 0. The van der Waals surface area contributed by atoms with E-state index >= 15 is 0 Å². The van der Waals surface area contributed by atoms with Gasteiger partial charge in [0.05, 0.1) is 0 Å². The number of piperidine rings is 2. The van der Waals surface area contributed by atoms with Crippen molar-refractivity contribution in [1.29, 1.82) is 0 Å². The molecule has 4 aliphatic rings. The Kier molecular flexibility index (Phi) is 6.28. The first-order chi connectivity index (χ1) is 12.3. The molecule has 0 aromatic heterocycles. The maximum absolute atomic E-state index is 6.61. The second kappa shape index (κ2) is 8.47. The molecule has 2 unspecified atom stereocenters. The molecule has 4 saturated heterocycles. The van der Waals surface area contributed by atoms with Crippen molar-refractivity contribution in [2.45, 2.75) is 87.2 Å². The minimum absolute atomic E-state index is 0.145. The van der Waals surface area contributed by atoms with E-state index in [1.807, 2.05) is 0 Å². The highest BCUT2D eigenvalue weighted by atomic mass is 32.2. The van der Waals surface area contributed by atoms with E-state index in [2.05, 4.69) is 21.6 Å². The van der Waals surface area contributed by atoms with Crippen LogP contribution in [0.25, 0.3) is 0 Å². The molecule has 25 heavy (non-hydrogen) atoms. The van der Waals surface area contributed by atoms with Crippen molar-refractivity contribution in [1.82, 2.24) is 9.80 Å². The van der Waals surface area contributed by atoms with Crippen molar-refractivity contribution >= 4 is 11.8 Å². The van der Waals surface area contributed by atoms with Crippen molar-refractivity contribution in [3.63, 3.8) is 0 Å². The van der Waals surface area contributed by atoms with E-state index in [-0.39, 0.29) is 10.1 Å². The van der Waals surface area contributed by atoms with Gasteiger partial charge in [-0.1, -0.05) is 24.6 Å². The van der Waals surface area contributed by atoms with Gasteiger partial charge >= 0.3 is 0 Å². The molecule has 2 atom stereocenters. The van der Waals surface area contributed by atoms with E-state index < -0.39 is 0 Å². The lowest BCUT2D eigenvalue weighted by Gasteiger charge is -2.54. The minimum atomic E-state index is -0.145. The Bertz CT molecular complexity index is 372. The van der Waals surface area contributed by atoms with E-state index in [1.54, 1.807) is 0 Å². The lowest BCUT2D eigenvalue weighted by molar-refractivity contribution is -0.146. The fourth-order valence-corrected chi connectivity index (χ4v) is 6.91. The van der Waals surface area contributed by atoms with Gasteiger partial charge in [0.15, 0.2) is 10.1 Å². The number of thioether (sulfide) groups is 1. The molecule has 0 aromatic carbocycles. The molecule has 0 radical (unpaired) electrons. The number of likely N-dealkylation sites (tertiary alicyclic amines) is 2. The largest absolute Gasteiger partial charge is 0.351 e. The SMILES string of the molecule is C1CCN(C2(SC3(N4CCCCC4)CCCCO3)CCCCO2)CC1. The van der Waals surface area contributed by atoms with Gasteiger partial charge in [-0.3, -0.25) is 9.80 Å². The van der Waals surface area contributed by atoms with Crippen molar-refractivity contribution < 1.29 is 9.47 Å². The first-order valence-corrected chi connectivity index (χ1v) is 11.6. The van der Waals surface area contributed by atoms with Crippen LogP contribution in [0.5, 0.6) is 0 Å². The highest BCUT2D eigenvalue weighted by Crippen LogP contribution is 2.51. The van der Waals surface area contributed by atoms with Crippen LogP contribution in [0, 0.1) is 0 Å². The first-order valence-electron chi connectivity index (χ1n) is 10.8. The monoisotopic (exact) mass is 368 g/mol. The summed E-state index contributed by atoms with van der Waals surface area (Å²) in [7, 11) is 0. The lowest BCUT2D eigenvalue weighted by atomic mass is 10.1. The number of hydrogen-bond acceptors (Lipinski definition) is 5. The maximum Gasteiger partial charge on any atom is 0.173 e. The van der Waals surface area contributed by atoms with E-state index in [0.717, 1.165) is 26.1 Å². The number of nitrogens with zero attached hydrogens (tertiary/aromatic N) is 2. The summed E-state index contributed by atoms with van der Waals surface area (Å²) in [4.78, 5) is 5.34. The van der Waals surface area contributed by atoms with Crippen LogP contribution in [0.3, 0.4) is 0 Å². The van der Waals surface area contributed by atoms with Gasteiger partial charge in [-0.25, -0.2) is 0 Å². The molecule has 0 N–H and O–H groups in total. The third-order valence-corrected chi connectivity index (χ3v) is 8.22. The molecule has 4 aliphatic heterocycles. The third-order valence-electron chi connectivity index (χ3n) is 6.42. The molecule has 5 heteroatoms. The topological polar surface area (TPSA) is 24.9 Å². The van der Waals surface area contributed by atoms with Gasteiger partial charge in [0.1, 0.15) is 0 Å². The molecule has 4 rings (SSSR count). The molecule has 0 amide bonds. The third kappa shape index (κ3) is 4.06. The van der Waals surface area contributed by atoms with Crippen LogP contribution in [0.15, 0.2) is 0 Å². The zero-order chi connectivity index (χ0) is 17.0. The first kappa shape index (κ1) is 18.5. The van der Waals surface area contributed by atoms with E-state index in [1.165, 1.54) is 90.4 Å². The van der Waals surface area contributed by atoms with Crippen LogP contribution >= 0.6 is 11.8 Å². The summed E-state index contributed by atoms with van der Waals surface area (Å²) < 4.78 is 13.2. The summed E-state index contributed by atoms with van der Waals surface area (Å²) in [6.45, 7) is 6.62. The normalized spacial score (nSPS) is 39.4. The van der Waals surface area contributed by atoms with Crippen molar-refractivity contribution in [3.8, 4) is 0 Å². The average Bonchev–Trinajstić information content (AvgIpc) is 2.71. The molecule has 0 saturated carbocycles. The zero-order valence-electron chi connectivity index (χ0n) is 15.8. The van der Waals surface area contributed by atoms with Crippen LogP contribution in [-0.2, 0) is 9.47 Å². The Labute approximate surface area is 158 Å². The Morgan fingerprint density at radius 1 is 0.520 bits per heavy atom. The average molecular weight is 369 g/mol. The second-order valence-corrected chi connectivity index (χ2v) is 9.71. The number of hydrogen-bond donors (Lipinski definition) is 0. The van der Waals surface area contributed by atoms with Crippen LogP contribution in [0.2, 0.25) is 0 Å². The van der Waals surface area contributed by atoms with Gasteiger partial charge in [0.25, 0.3) is 0 Å². The summed E-state index contributed by atoms with van der Waals surface area (Å²) in [6.07, 6.45) is 15.4. The fourth-order valence-electron chi connectivity index (χ4n) is 5.02. The second-order valence-electron chi connectivity index (χ2n) is 8.23. The number of rotatable bonds is 4. The zero-order valence-corrected chi connectivity index (χ0v) is 16.7.